The van der Waals surface area contributed by atoms with Crippen LogP contribution in [0.25, 0.3) is 0 Å². The second-order valence-electron chi connectivity index (χ2n) is 5.24. The largest absolute Gasteiger partial charge is 0.242 e. The molecule has 0 spiro atoms. The van der Waals surface area contributed by atoms with Crippen LogP contribution in [0.5, 0.6) is 0 Å². The molecule has 1 aromatic carbocycles. The summed E-state index contributed by atoms with van der Waals surface area (Å²) in [6.07, 6.45) is 2.01. The summed E-state index contributed by atoms with van der Waals surface area (Å²) in [4.78, 5) is 0.0649. The molecule has 2 rings (SSSR count). The van der Waals surface area contributed by atoms with Gasteiger partial charge in [-0.3, -0.25) is 0 Å². The molecular weight excluding hydrogens is 334 g/mol. The van der Waals surface area contributed by atoms with Gasteiger partial charge in [0.15, 0.2) is 9.84 Å². The van der Waals surface area contributed by atoms with Crippen LogP contribution in [0, 0.1) is 5.92 Å². The molecule has 1 saturated heterocycles. The fourth-order valence-corrected chi connectivity index (χ4v) is 5.94. The minimum absolute atomic E-state index is 0.0649. The van der Waals surface area contributed by atoms with Crippen molar-refractivity contribution in [1.82, 2.24) is 4.72 Å². The highest BCUT2D eigenvalue weighted by Crippen LogP contribution is 2.23. The van der Waals surface area contributed by atoms with Crippen molar-refractivity contribution in [1.29, 1.82) is 0 Å². The normalized spacial score (nSPS) is 21.5. The van der Waals surface area contributed by atoms with E-state index in [1.165, 1.54) is 12.1 Å². The lowest BCUT2D eigenvalue weighted by Crippen LogP contribution is -2.25. The van der Waals surface area contributed by atoms with Gasteiger partial charge in [-0.1, -0.05) is 23.7 Å². The van der Waals surface area contributed by atoms with E-state index in [-0.39, 0.29) is 33.9 Å². The second kappa shape index (κ2) is 6.64. The highest BCUT2D eigenvalue weighted by molar-refractivity contribution is 7.91. The second-order valence-corrected chi connectivity index (χ2v) is 9.61. The van der Waals surface area contributed by atoms with Crippen LogP contribution in [0.4, 0.5) is 0 Å². The van der Waals surface area contributed by atoms with Crippen LogP contribution in [0.1, 0.15) is 19.3 Å². The monoisotopic (exact) mass is 351 g/mol. The van der Waals surface area contributed by atoms with Crippen molar-refractivity contribution < 1.29 is 16.8 Å². The van der Waals surface area contributed by atoms with Crippen LogP contribution >= 0.6 is 11.6 Å². The maximum absolute atomic E-state index is 12.1. The Morgan fingerprint density at radius 2 is 2.00 bits per heavy atom. The van der Waals surface area contributed by atoms with E-state index in [4.69, 9.17) is 11.6 Å². The number of nitrogens with one attached hydrogen (secondary N) is 1. The molecule has 0 radical (unpaired) electrons. The Balaban J connectivity index is 1.82. The molecule has 1 atom stereocenters. The summed E-state index contributed by atoms with van der Waals surface area (Å²) in [5.41, 5.74) is 0. The molecule has 1 fully saturated rings. The van der Waals surface area contributed by atoms with Crippen LogP contribution in [-0.4, -0.2) is 34.9 Å². The average molecular weight is 352 g/mol. The zero-order valence-electron chi connectivity index (χ0n) is 11.5. The van der Waals surface area contributed by atoms with Crippen LogP contribution < -0.4 is 4.72 Å². The molecule has 0 aromatic heterocycles. The number of hydrogen-bond donors (Lipinski definition) is 1. The van der Waals surface area contributed by atoms with Crippen LogP contribution in [0.3, 0.4) is 0 Å². The Hall–Kier alpha value is -0.630. The van der Waals surface area contributed by atoms with Crippen molar-refractivity contribution in [3.8, 4) is 0 Å². The van der Waals surface area contributed by atoms with Gasteiger partial charge in [0, 0.05) is 6.54 Å². The minimum Gasteiger partial charge on any atom is -0.229 e. The Morgan fingerprint density at radius 1 is 1.29 bits per heavy atom. The van der Waals surface area contributed by atoms with Gasteiger partial charge in [-0.2, -0.15) is 0 Å². The van der Waals surface area contributed by atoms with E-state index in [0.29, 0.717) is 19.3 Å². The van der Waals surface area contributed by atoms with E-state index in [9.17, 15) is 16.8 Å². The first-order chi connectivity index (χ1) is 9.80. The third-order valence-corrected chi connectivity index (χ3v) is 7.33. The molecule has 0 amide bonds. The molecule has 21 heavy (non-hydrogen) atoms. The van der Waals surface area contributed by atoms with E-state index in [0.717, 1.165) is 0 Å². The summed E-state index contributed by atoms with van der Waals surface area (Å²) < 4.78 is 49.3. The summed E-state index contributed by atoms with van der Waals surface area (Å²) in [5, 5.41) is 0.187. The lowest BCUT2D eigenvalue weighted by atomic mass is 10.0. The first kappa shape index (κ1) is 16.7. The number of sulfone groups is 1. The third-order valence-electron chi connectivity index (χ3n) is 3.53. The van der Waals surface area contributed by atoms with E-state index >= 15 is 0 Å². The number of halogens is 1. The highest BCUT2D eigenvalue weighted by Gasteiger charge is 2.27. The van der Waals surface area contributed by atoms with Gasteiger partial charge in [-0.25, -0.2) is 21.6 Å². The first-order valence-electron chi connectivity index (χ1n) is 6.75. The fourth-order valence-electron chi connectivity index (χ4n) is 2.44. The Morgan fingerprint density at radius 3 is 2.62 bits per heavy atom. The zero-order chi connectivity index (χ0) is 15.5. The van der Waals surface area contributed by atoms with Crippen molar-refractivity contribution in [3.05, 3.63) is 29.3 Å². The van der Waals surface area contributed by atoms with Gasteiger partial charge in [-0.05, 0) is 37.3 Å². The average Bonchev–Trinajstić information content (AvgIpc) is 2.75. The van der Waals surface area contributed by atoms with Crippen molar-refractivity contribution in [3.63, 3.8) is 0 Å². The Labute approximate surface area is 130 Å². The van der Waals surface area contributed by atoms with Crippen molar-refractivity contribution in [2.24, 2.45) is 5.92 Å². The summed E-state index contributed by atoms with van der Waals surface area (Å²) in [6, 6.07) is 6.26. The highest BCUT2D eigenvalue weighted by atomic mass is 35.5. The smallest absolute Gasteiger partial charge is 0.229 e. The summed E-state index contributed by atoms with van der Waals surface area (Å²) in [7, 11) is -6.48. The third kappa shape index (κ3) is 4.67. The molecule has 118 valence electrons. The molecule has 0 saturated carbocycles. The number of rotatable bonds is 6. The molecule has 0 aliphatic carbocycles. The Bertz CT molecular complexity index is 701. The van der Waals surface area contributed by atoms with Crippen LogP contribution in [-0.2, 0) is 19.9 Å². The molecule has 1 aliphatic rings. The van der Waals surface area contributed by atoms with Gasteiger partial charge in [-0.15, -0.1) is 0 Å². The number of hydrogen-bond acceptors (Lipinski definition) is 4. The molecule has 1 aliphatic heterocycles. The van der Waals surface area contributed by atoms with E-state index in [1.807, 2.05) is 0 Å². The van der Waals surface area contributed by atoms with Crippen molar-refractivity contribution >= 4 is 31.5 Å². The predicted molar refractivity (Wildman–Crippen MR) is 82.6 cm³/mol. The van der Waals surface area contributed by atoms with Gasteiger partial charge in [0.05, 0.1) is 16.5 Å². The van der Waals surface area contributed by atoms with Gasteiger partial charge in [0.2, 0.25) is 10.0 Å². The Kier molecular flexibility index (Phi) is 5.29. The minimum atomic E-state index is -3.61. The first-order valence-corrected chi connectivity index (χ1v) is 10.4. The number of benzene rings is 1. The predicted octanol–water partition coefficient (Wildman–Crippen LogP) is 1.83. The molecule has 1 heterocycles. The van der Waals surface area contributed by atoms with Crippen molar-refractivity contribution in [2.45, 2.75) is 24.2 Å². The van der Waals surface area contributed by atoms with Gasteiger partial charge >= 0.3 is 0 Å². The summed E-state index contributed by atoms with van der Waals surface area (Å²) >= 11 is 5.87. The molecule has 5 nitrogen and oxygen atoms in total. The molecule has 8 heteroatoms. The standard InChI is InChI=1S/C13H18ClNO4S2/c14-12-5-1-2-6-13(12)21(18,19)15-8-3-4-11-7-9-20(16,17)10-11/h1-2,5-6,11,15H,3-4,7-10H2. The number of sulfonamides is 1. The van der Waals surface area contributed by atoms with E-state index < -0.39 is 19.9 Å². The topological polar surface area (TPSA) is 80.3 Å². The zero-order valence-corrected chi connectivity index (χ0v) is 13.8. The molecular formula is C13H18ClNO4S2. The van der Waals surface area contributed by atoms with E-state index in [1.54, 1.807) is 12.1 Å². The van der Waals surface area contributed by atoms with Gasteiger partial charge < -0.3 is 0 Å². The maximum Gasteiger partial charge on any atom is 0.242 e. The molecule has 1 unspecified atom stereocenters. The van der Waals surface area contributed by atoms with Crippen LogP contribution in [0.2, 0.25) is 5.02 Å². The van der Waals surface area contributed by atoms with Gasteiger partial charge in [0.1, 0.15) is 4.90 Å². The quantitative estimate of drug-likeness (QED) is 0.793. The van der Waals surface area contributed by atoms with E-state index in [2.05, 4.69) is 4.72 Å². The molecule has 0 bridgehead atoms. The summed E-state index contributed by atoms with van der Waals surface area (Å²) in [6.45, 7) is 0.282. The SMILES string of the molecule is O=S1(=O)CCC(CCCNS(=O)(=O)c2ccccc2Cl)C1. The van der Waals surface area contributed by atoms with Crippen LogP contribution in [0.15, 0.2) is 29.2 Å². The lowest BCUT2D eigenvalue weighted by Gasteiger charge is -2.10. The van der Waals surface area contributed by atoms with Crippen molar-refractivity contribution in [2.75, 3.05) is 18.1 Å². The van der Waals surface area contributed by atoms with Gasteiger partial charge in [0.25, 0.3) is 0 Å². The molecule has 1 N–H and O–H groups in total. The lowest BCUT2D eigenvalue weighted by molar-refractivity contribution is 0.512. The molecule has 1 aromatic rings. The fraction of sp³-hybridized carbons (Fsp3) is 0.538. The summed E-state index contributed by atoms with van der Waals surface area (Å²) in [5.74, 6) is 0.632. The maximum atomic E-state index is 12.1.